The highest BCUT2D eigenvalue weighted by Gasteiger charge is 2.06. The molecular weight excluding hydrogens is 238 g/mol. The van der Waals surface area contributed by atoms with Gasteiger partial charge in [-0.1, -0.05) is 12.1 Å². The minimum Gasteiger partial charge on any atom is -0.454 e. The molecule has 0 aliphatic rings. The van der Waals surface area contributed by atoms with Crippen LogP contribution in [0, 0.1) is 11.6 Å². The fourth-order valence-corrected chi connectivity index (χ4v) is 1.50. The number of ether oxygens (including phenoxy) is 1. The van der Waals surface area contributed by atoms with Crippen molar-refractivity contribution < 1.29 is 18.6 Å². The molecule has 0 fully saturated rings. The fraction of sp³-hybridized carbons (Fsp3) is 0.143. The Labute approximate surface area is 103 Å². The van der Waals surface area contributed by atoms with Crippen LogP contribution in [-0.2, 0) is 0 Å². The SMILES string of the molecule is CC(O)c1ccc(Oc2ccc(F)cc2F)cc1. The second-order valence-corrected chi connectivity index (χ2v) is 3.92. The molecule has 18 heavy (non-hydrogen) atoms. The van der Waals surface area contributed by atoms with Gasteiger partial charge in [0, 0.05) is 6.07 Å². The van der Waals surface area contributed by atoms with E-state index >= 15 is 0 Å². The average Bonchev–Trinajstić information content (AvgIpc) is 2.33. The maximum absolute atomic E-state index is 13.3. The maximum atomic E-state index is 13.3. The molecule has 1 N–H and O–H groups in total. The summed E-state index contributed by atoms with van der Waals surface area (Å²) in [7, 11) is 0. The Bertz CT molecular complexity index is 536. The van der Waals surface area contributed by atoms with E-state index in [0.717, 1.165) is 17.7 Å². The molecule has 0 amide bonds. The number of hydrogen-bond donors (Lipinski definition) is 1. The molecule has 1 atom stereocenters. The van der Waals surface area contributed by atoms with Gasteiger partial charge in [-0.3, -0.25) is 0 Å². The topological polar surface area (TPSA) is 29.5 Å². The Balaban J connectivity index is 2.18. The molecule has 0 radical (unpaired) electrons. The van der Waals surface area contributed by atoms with Crippen LogP contribution in [-0.4, -0.2) is 5.11 Å². The Morgan fingerprint density at radius 1 is 1.06 bits per heavy atom. The van der Waals surface area contributed by atoms with Crippen LogP contribution in [0.15, 0.2) is 42.5 Å². The molecule has 0 bridgehead atoms. The molecule has 0 saturated heterocycles. The largest absolute Gasteiger partial charge is 0.454 e. The minimum absolute atomic E-state index is 0.0406. The van der Waals surface area contributed by atoms with Crippen LogP contribution >= 0.6 is 0 Å². The highest BCUT2D eigenvalue weighted by Crippen LogP contribution is 2.26. The monoisotopic (exact) mass is 250 g/mol. The van der Waals surface area contributed by atoms with Gasteiger partial charge in [-0.2, -0.15) is 0 Å². The molecule has 2 nitrogen and oxygen atoms in total. The highest BCUT2D eigenvalue weighted by molar-refractivity contribution is 5.34. The summed E-state index contributed by atoms with van der Waals surface area (Å²) < 4.78 is 31.3. The van der Waals surface area contributed by atoms with Crippen molar-refractivity contribution in [3.05, 3.63) is 59.7 Å². The van der Waals surface area contributed by atoms with Crippen LogP contribution in [0.2, 0.25) is 0 Å². The lowest BCUT2D eigenvalue weighted by atomic mass is 10.1. The molecule has 0 aliphatic heterocycles. The van der Waals surface area contributed by atoms with Gasteiger partial charge in [-0.25, -0.2) is 8.78 Å². The van der Waals surface area contributed by atoms with E-state index in [0.29, 0.717) is 5.75 Å². The van der Waals surface area contributed by atoms with Gasteiger partial charge in [0.2, 0.25) is 0 Å². The van der Waals surface area contributed by atoms with E-state index in [-0.39, 0.29) is 5.75 Å². The second-order valence-electron chi connectivity index (χ2n) is 3.92. The van der Waals surface area contributed by atoms with E-state index < -0.39 is 17.7 Å². The summed E-state index contributed by atoms with van der Waals surface area (Å²) >= 11 is 0. The first-order valence-electron chi connectivity index (χ1n) is 5.47. The third-order valence-corrected chi connectivity index (χ3v) is 2.48. The maximum Gasteiger partial charge on any atom is 0.168 e. The van der Waals surface area contributed by atoms with E-state index in [9.17, 15) is 13.9 Å². The molecule has 2 rings (SSSR count). The van der Waals surface area contributed by atoms with Crippen molar-refractivity contribution in [1.29, 1.82) is 0 Å². The van der Waals surface area contributed by atoms with Crippen LogP contribution in [0.4, 0.5) is 8.78 Å². The fourth-order valence-electron chi connectivity index (χ4n) is 1.50. The standard InChI is InChI=1S/C14H12F2O2/c1-9(17)10-2-5-12(6-3-10)18-14-7-4-11(15)8-13(14)16/h2-9,17H,1H3. The number of aliphatic hydroxyl groups excluding tert-OH is 1. The van der Waals surface area contributed by atoms with Crippen LogP contribution in [0.3, 0.4) is 0 Å². The van der Waals surface area contributed by atoms with Gasteiger partial charge in [-0.05, 0) is 36.8 Å². The third kappa shape index (κ3) is 2.84. The molecule has 4 heteroatoms. The first-order chi connectivity index (χ1) is 8.56. The smallest absolute Gasteiger partial charge is 0.168 e. The summed E-state index contributed by atoms with van der Waals surface area (Å²) in [6.07, 6.45) is -0.568. The second kappa shape index (κ2) is 5.14. The first kappa shape index (κ1) is 12.5. The van der Waals surface area contributed by atoms with Gasteiger partial charge in [-0.15, -0.1) is 0 Å². The predicted octanol–water partition coefficient (Wildman–Crippen LogP) is 3.81. The lowest BCUT2D eigenvalue weighted by Gasteiger charge is -2.08. The van der Waals surface area contributed by atoms with E-state index in [1.807, 2.05) is 0 Å². The first-order valence-corrected chi connectivity index (χ1v) is 5.47. The summed E-state index contributed by atoms with van der Waals surface area (Å²) in [5, 5.41) is 9.34. The van der Waals surface area contributed by atoms with Crippen LogP contribution in [0.5, 0.6) is 11.5 Å². The van der Waals surface area contributed by atoms with E-state index in [1.54, 1.807) is 31.2 Å². The number of hydrogen-bond acceptors (Lipinski definition) is 2. The van der Waals surface area contributed by atoms with Gasteiger partial charge < -0.3 is 9.84 Å². The normalized spacial score (nSPS) is 12.2. The highest BCUT2D eigenvalue weighted by atomic mass is 19.1. The lowest BCUT2D eigenvalue weighted by Crippen LogP contribution is -1.92. The minimum atomic E-state index is -0.755. The van der Waals surface area contributed by atoms with Crippen molar-refractivity contribution in [1.82, 2.24) is 0 Å². The zero-order valence-electron chi connectivity index (χ0n) is 9.73. The van der Waals surface area contributed by atoms with Gasteiger partial charge in [0.05, 0.1) is 6.10 Å². The lowest BCUT2D eigenvalue weighted by molar-refractivity contribution is 0.199. The zero-order chi connectivity index (χ0) is 13.1. The summed E-state index contributed by atoms with van der Waals surface area (Å²) in [4.78, 5) is 0. The molecule has 0 aliphatic carbocycles. The number of aliphatic hydroxyl groups is 1. The molecule has 94 valence electrons. The van der Waals surface area contributed by atoms with E-state index in [2.05, 4.69) is 0 Å². The molecule has 0 heterocycles. The van der Waals surface area contributed by atoms with E-state index in [4.69, 9.17) is 4.74 Å². The zero-order valence-corrected chi connectivity index (χ0v) is 9.73. The Hall–Kier alpha value is -1.94. The van der Waals surface area contributed by atoms with Gasteiger partial charge in [0.1, 0.15) is 11.6 Å². The Morgan fingerprint density at radius 3 is 2.28 bits per heavy atom. The summed E-state index contributed by atoms with van der Waals surface area (Å²) in [6, 6.07) is 9.72. The molecular formula is C14H12F2O2. The van der Waals surface area contributed by atoms with E-state index in [1.165, 1.54) is 6.07 Å². The Morgan fingerprint density at radius 2 is 1.72 bits per heavy atom. The van der Waals surface area contributed by atoms with Crippen molar-refractivity contribution in [3.8, 4) is 11.5 Å². The van der Waals surface area contributed by atoms with Crippen molar-refractivity contribution in [3.63, 3.8) is 0 Å². The van der Waals surface area contributed by atoms with Crippen LogP contribution in [0.25, 0.3) is 0 Å². The van der Waals surface area contributed by atoms with Crippen LogP contribution in [0.1, 0.15) is 18.6 Å². The molecule has 0 saturated carbocycles. The Kier molecular flexibility index (Phi) is 3.58. The number of halogens is 2. The van der Waals surface area contributed by atoms with Gasteiger partial charge in [0.25, 0.3) is 0 Å². The number of rotatable bonds is 3. The summed E-state index contributed by atoms with van der Waals surface area (Å²) in [6.45, 7) is 1.65. The average molecular weight is 250 g/mol. The van der Waals surface area contributed by atoms with Gasteiger partial charge in [0.15, 0.2) is 11.6 Å². The molecule has 1 unspecified atom stereocenters. The summed E-state index contributed by atoms with van der Waals surface area (Å²) in [5.41, 5.74) is 0.738. The molecule has 0 spiro atoms. The van der Waals surface area contributed by atoms with Crippen molar-refractivity contribution in [2.45, 2.75) is 13.0 Å². The predicted molar refractivity (Wildman–Crippen MR) is 63.5 cm³/mol. The third-order valence-electron chi connectivity index (χ3n) is 2.48. The number of benzene rings is 2. The van der Waals surface area contributed by atoms with Crippen LogP contribution < -0.4 is 4.74 Å². The van der Waals surface area contributed by atoms with Crippen molar-refractivity contribution in [2.24, 2.45) is 0 Å². The molecule has 2 aromatic carbocycles. The molecule has 0 aromatic heterocycles. The molecule has 2 aromatic rings. The summed E-state index contributed by atoms with van der Waals surface area (Å²) in [5.74, 6) is -1.02. The van der Waals surface area contributed by atoms with Gasteiger partial charge >= 0.3 is 0 Å². The quantitative estimate of drug-likeness (QED) is 0.897. The van der Waals surface area contributed by atoms with Crippen molar-refractivity contribution in [2.75, 3.05) is 0 Å². The van der Waals surface area contributed by atoms with Crippen molar-refractivity contribution >= 4 is 0 Å².